The van der Waals surface area contributed by atoms with Crippen molar-refractivity contribution < 1.29 is 4.74 Å². The van der Waals surface area contributed by atoms with Crippen LogP contribution in [0.5, 0.6) is 5.75 Å². The van der Waals surface area contributed by atoms with E-state index in [2.05, 4.69) is 46.4 Å². The zero-order chi connectivity index (χ0) is 17.9. The van der Waals surface area contributed by atoms with Gasteiger partial charge in [-0.25, -0.2) is 0 Å². The van der Waals surface area contributed by atoms with Gasteiger partial charge in [-0.2, -0.15) is 5.10 Å². The van der Waals surface area contributed by atoms with E-state index < -0.39 is 0 Å². The van der Waals surface area contributed by atoms with Crippen molar-refractivity contribution >= 4 is 10.9 Å². The van der Waals surface area contributed by atoms with Gasteiger partial charge in [-0.15, -0.1) is 0 Å². The van der Waals surface area contributed by atoms with Crippen molar-refractivity contribution in [3.63, 3.8) is 0 Å². The number of aryl methyl sites for hydroxylation is 1. The number of likely N-dealkylation sites (tertiary alicyclic amines) is 1. The Kier molecular flexibility index (Phi) is 4.98. The van der Waals surface area contributed by atoms with Crippen molar-refractivity contribution in [1.82, 2.24) is 19.7 Å². The number of fused-ring (bicyclic) bond motifs is 1. The minimum Gasteiger partial charge on any atom is -0.497 e. The summed E-state index contributed by atoms with van der Waals surface area (Å²) in [5.41, 5.74) is 4.00. The van der Waals surface area contributed by atoms with E-state index in [1.54, 1.807) is 7.11 Å². The number of aromatic nitrogens is 3. The quantitative estimate of drug-likeness (QED) is 0.734. The van der Waals surface area contributed by atoms with Gasteiger partial charge in [0.05, 0.1) is 13.3 Å². The maximum atomic E-state index is 5.41. The van der Waals surface area contributed by atoms with E-state index >= 15 is 0 Å². The molecule has 3 aromatic rings. The van der Waals surface area contributed by atoms with Crippen LogP contribution in [-0.4, -0.2) is 46.4 Å². The molecule has 0 aliphatic carbocycles. The largest absolute Gasteiger partial charge is 0.497 e. The third kappa shape index (κ3) is 3.49. The van der Waals surface area contributed by atoms with Crippen molar-refractivity contribution in [3.8, 4) is 5.75 Å². The first-order valence-electron chi connectivity index (χ1n) is 9.65. The van der Waals surface area contributed by atoms with Crippen LogP contribution in [0.2, 0.25) is 0 Å². The molecule has 1 fully saturated rings. The average Bonchev–Trinajstić information content (AvgIpc) is 3.33. The second-order valence-electron chi connectivity index (χ2n) is 7.23. The van der Waals surface area contributed by atoms with Crippen LogP contribution in [0.1, 0.15) is 36.8 Å². The zero-order valence-corrected chi connectivity index (χ0v) is 15.7. The van der Waals surface area contributed by atoms with E-state index in [1.807, 2.05) is 16.9 Å². The number of aromatic amines is 1. The van der Waals surface area contributed by atoms with E-state index in [9.17, 15) is 0 Å². The first kappa shape index (κ1) is 17.2. The summed E-state index contributed by atoms with van der Waals surface area (Å²) in [7, 11) is 1.73. The number of methoxy groups -OCH3 is 1. The third-order valence-corrected chi connectivity index (χ3v) is 5.68. The Labute approximate surface area is 155 Å². The van der Waals surface area contributed by atoms with Gasteiger partial charge < -0.3 is 14.6 Å². The fourth-order valence-corrected chi connectivity index (χ4v) is 4.05. The van der Waals surface area contributed by atoms with Gasteiger partial charge >= 0.3 is 0 Å². The Bertz CT molecular complexity index is 858. The SMILES string of the molecule is CCn1cc(CCN2CCC(c3c[nH]c4ccc(OC)cc34)CC2)cn1. The molecule has 138 valence electrons. The molecule has 0 unspecified atom stereocenters. The second kappa shape index (κ2) is 7.54. The number of hydrogen-bond acceptors (Lipinski definition) is 3. The van der Waals surface area contributed by atoms with Gasteiger partial charge in [0, 0.05) is 36.4 Å². The van der Waals surface area contributed by atoms with Crippen LogP contribution in [0.25, 0.3) is 10.9 Å². The first-order valence-corrected chi connectivity index (χ1v) is 9.65. The number of hydrogen-bond donors (Lipinski definition) is 1. The van der Waals surface area contributed by atoms with Crippen LogP contribution >= 0.6 is 0 Å². The molecule has 3 heterocycles. The zero-order valence-electron chi connectivity index (χ0n) is 15.7. The number of ether oxygens (including phenoxy) is 1. The number of nitrogens with zero attached hydrogens (tertiary/aromatic N) is 3. The maximum absolute atomic E-state index is 5.41. The van der Waals surface area contributed by atoms with Crippen molar-refractivity contribution in [3.05, 3.63) is 47.9 Å². The van der Waals surface area contributed by atoms with Crippen LogP contribution in [0.15, 0.2) is 36.8 Å². The molecular formula is C21H28N4O. The van der Waals surface area contributed by atoms with Gasteiger partial charge in [0.15, 0.2) is 0 Å². The number of rotatable bonds is 6. The molecule has 5 nitrogen and oxygen atoms in total. The molecule has 1 aliphatic rings. The fourth-order valence-electron chi connectivity index (χ4n) is 4.05. The van der Waals surface area contributed by atoms with E-state index in [1.165, 1.54) is 48.0 Å². The minimum absolute atomic E-state index is 0.634. The summed E-state index contributed by atoms with van der Waals surface area (Å²) in [6, 6.07) is 6.30. The van der Waals surface area contributed by atoms with Crippen molar-refractivity contribution in [2.24, 2.45) is 0 Å². The lowest BCUT2D eigenvalue weighted by atomic mass is 9.89. The molecule has 0 atom stereocenters. The second-order valence-corrected chi connectivity index (χ2v) is 7.23. The van der Waals surface area contributed by atoms with Crippen molar-refractivity contribution in [2.75, 3.05) is 26.7 Å². The van der Waals surface area contributed by atoms with Gasteiger partial charge in [-0.3, -0.25) is 4.68 Å². The Morgan fingerprint density at radius 2 is 2.12 bits per heavy atom. The van der Waals surface area contributed by atoms with E-state index in [4.69, 9.17) is 4.74 Å². The Balaban J connectivity index is 1.36. The number of nitrogens with one attached hydrogen (secondary N) is 1. The standard InChI is InChI=1S/C21H28N4O/c1-3-25-15-16(13-23-25)6-9-24-10-7-17(8-11-24)20-14-22-21-5-4-18(26-2)12-19(20)21/h4-5,12-15,17,22H,3,6-11H2,1-2H3. The monoisotopic (exact) mass is 352 g/mol. The van der Waals surface area contributed by atoms with E-state index in [0.717, 1.165) is 25.3 Å². The normalized spacial score (nSPS) is 16.4. The molecule has 1 aliphatic heterocycles. The molecule has 0 bridgehead atoms. The highest BCUT2D eigenvalue weighted by atomic mass is 16.5. The molecule has 1 aromatic carbocycles. The number of benzene rings is 1. The van der Waals surface area contributed by atoms with Gasteiger partial charge in [0.1, 0.15) is 5.75 Å². The molecule has 0 radical (unpaired) electrons. The van der Waals surface area contributed by atoms with Crippen LogP contribution in [0.4, 0.5) is 0 Å². The Morgan fingerprint density at radius 3 is 2.85 bits per heavy atom. The Hall–Kier alpha value is -2.27. The molecule has 4 rings (SSSR count). The average molecular weight is 352 g/mol. The molecule has 5 heteroatoms. The predicted octanol–water partition coefficient (Wildman–Crippen LogP) is 3.82. The van der Waals surface area contributed by atoms with Gasteiger partial charge in [-0.1, -0.05) is 0 Å². The summed E-state index contributed by atoms with van der Waals surface area (Å²) in [4.78, 5) is 6.02. The van der Waals surface area contributed by atoms with Gasteiger partial charge in [0.25, 0.3) is 0 Å². The molecule has 0 spiro atoms. The highest BCUT2D eigenvalue weighted by Gasteiger charge is 2.22. The molecule has 0 amide bonds. The highest BCUT2D eigenvalue weighted by Crippen LogP contribution is 2.34. The van der Waals surface area contributed by atoms with Gasteiger partial charge in [-0.05, 0) is 74.5 Å². The fraction of sp³-hybridized carbons (Fsp3) is 0.476. The molecule has 2 aromatic heterocycles. The molecular weight excluding hydrogens is 324 g/mol. The van der Waals surface area contributed by atoms with Crippen molar-refractivity contribution in [1.29, 1.82) is 0 Å². The summed E-state index contributed by atoms with van der Waals surface area (Å²) in [6.45, 7) is 6.54. The summed E-state index contributed by atoms with van der Waals surface area (Å²) >= 11 is 0. The summed E-state index contributed by atoms with van der Waals surface area (Å²) in [5.74, 6) is 1.57. The van der Waals surface area contributed by atoms with E-state index in [-0.39, 0.29) is 0 Å². The minimum atomic E-state index is 0.634. The number of H-pyrrole nitrogens is 1. The maximum Gasteiger partial charge on any atom is 0.119 e. The predicted molar refractivity (Wildman–Crippen MR) is 105 cm³/mol. The topological polar surface area (TPSA) is 46.1 Å². The first-order chi connectivity index (χ1) is 12.8. The molecule has 26 heavy (non-hydrogen) atoms. The van der Waals surface area contributed by atoms with Gasteiger partial charge in [0.2, 0.25) is 0 Å². The van der Waals surface area contributed by atoms with Crippen molar-refractivity contribution in [2.45, 2.75) is 38.6 Å². The molecule has 1 saturated heterocycles. The van der Waals surface area contributed by atoms with Crippen LogP contribution in [-0.2, 0) is 13.0 Å². The smallest absolute Gasteiger partial charge is 0.119 e. The summed E-state index contributed by atoms with van der Waals surface area (Å²) in [5, 5.41) is 5.69. The van der Waals surface area contributed by atoms with E-state index in [0.29, 0.717) is 5.92 Å². The Morgan fingerprint density at radius 1 is 1.27 bits per heavy atom. The summed E-state index contributed by atoms with van der Waals surface area (Å²) < 4.78 is 7.41. The lowest BCUT2D eigenvalue weighted by Gasteiger charge is -2.31. The number of piperidine rings is 1. The van der Waals surface area contributed by atoms with Crippen LogP contribution < -0.4 is 4.74 Å². The highest BCUT2D eigenvalue weighted by molar-refractivity contribution is 5.85. The third-order valence-electron chi connectivity index (χ3n) is 5.68. The summed E-state index contributed by atoms with van der Waals surface area (Å²) in [6.07, 6.45) is 9.91. The van der Waals surface area contributed by atoms with Crippen LogP contribution in [0, 0.1) is 0 Å². The molecule has 0 saturated carbocycles. The van der Waals surface area contributed by atoms with Crippen LogP contribution in [0.3, 0.4) is 0 Å². The lowest BCUT2D eigenvalue weighted by molar-refractivity contribution is 0.215. The molecule has 1 N–H and O–H groups in total. The lowest BCUT2D eigenvalue weighted by Crippen LogP contribution is -2.34.